The Morgan fingerprint density at radius 3 is 2.88 bits per heavy atom. The second kappa shape index (κ2) is 6.86. The predicted molar refractivity (Wildman–Crippen MR) is 89.5 cm³/mol. The van der Waals surface area contributed by atoms with E-state index in [-0.39, 0.29) is 30.6 Å². The number of fused-ring (bicyclic) bond motifs is 1. The number of hydrogen-bond donors (Lipinski definition) is 2. The molecule has 3 rings (SSSR count). The van der Waals surface area contributed by atoms with Crippen molar-refractivity contribution in [3.8, 4) is 0 Å². The van der Waals surface area contributed by atoms with E-state index in [1.807, 2.05) is 0 Å². The molecule has 1 amide bonds. The van der Waals surface area contributed by atoms with Crippen molar-refractivity contribution in [2.24, 2.45) is 0 Å². The number of halogens is 4. The van der Waals surface area contributed by atoms with Crippen LogP contribution in [0.4, 0.5) is 8.78 Å². The molecule has 1 aromatic carbocycles. The summed E-state index contributed by atoms with van der Waals surface area (Å²) in [5.41, 5.74) is -2.17. The third kappa shape index (κ3) is 3.47. The Bertz CT molecular complexity index is 834. The molecule has 1 heterocycles. The first-order valence-electron chi connectivity index (χ1n) is 7.56. The first-order valence-corrected chi connectivity index (χ1v) is 8.32. The zero-order valence-corrected chi connectivity index (χ0v) is 14.4. The van der Waals surface area contributed by atoms with Crippen LogP contribution in [-0.4, -0.2) is 16.0 Å². The topological polar surface area (TPSA) is 62.2 Å². The van der Waals surface area contributed by atoms with Gasteiger partial charge in [-0.1, -0.05) is 29.3 Å². The molecule has 0 saturated carbocycles. The van der Waals surface area contributed by atoms with Crippen LogP contribution in [0.15, 0.2) is 30.5 Å². The maximum Gasteiger partial charge on any atom is 0.262 e. The number of aliphatic hydroxyl groups is 1. The molecule has 0 radical (unpaired) electrons. The normalized spacial score (nSPS) is 22.4. The molecule has 2 N–H and O–H groups in total. The van der Waals surface area contributed by atoms with Gasteiger partial charge < -0.3 is 10.4 Å². The molecular formula is C17H14Cl2F2N2O2. The van der Waals surface area contributed by atoms with Crippen molar-refractivity contribution < 1.29 is 18.7 Å². The number of nitrogens with zero attached hydrogens (tertiary/aromatic N) is 1. The van der Waals surface area contributed by atoms with Gasteiger partial charge in [0.05, 0.1) is 18.0 Å². The van der Waals surface area contributed by atoms with Gasteiger partial charge >= 0.3 is 0 Å². The van der Waals surface area contributed by atoms with Crippen LogP contribution in [0.3, 0.4) is 0 Å². The van der Waals surface area contributed by atoms with Gasteiger partial charge in [0, 0.05) is 22.2 Å². The van der Waals surface area contributed by atoms with Crippen molar-refractivity contribution in [1.29, 1.82) is 0 Å². The number of alkyl halides is 1. The standard InChI is InChI=1S/C17H14Cl2F2N2O2/c18-10-2-1-9(13(19)5-10)7-23-16(25)17(21)4-3-14(24)15-12(17)6-11(20)8-22-15/h1-2,5-6,8,14,24H,3-4,7H2,(H,23,25)/t14-,17-/m0/s1. The molecule has 8 heteroatoms. The number of rotatable bonds is 3. The van der Waals surface area contributed by atoms with Gasteiger partial charge in [0.15, 0.2) is 0 Å². The van der Waals surface area contributed by atoms with Crippen LogP contribution in [0.1, 0.15) is 35.8 Å². The van der Waals surface area contributed by atoms with E-state index in [0.29, 0.717) is 15.6 Å². The van der Waals surface area contributed by atoms with E-state index in [1.54, 1.807) is 12.1 Å². The maximum absolute atomic E-state index is 15.4. The molecular weight excluding hydrogens is 373 g/mol. The van der Waals surface area contributed by atoms with Crippen LogP contribution in [0, 0.1) is 5.82 Å². The monoisotopic (exact) mass is 386 g/mol. The largest absolute Gasteiger partial charge is 0.387 e. The molecule has 2 aromatic rings. The Labute approximate surface area is 152 Å². The van der Waals surface area contributed by atoms with Crippen LogP contribution in [-0.2, 0) is 17.0 Å². The highest BCUT2D eigenvalue weighted by molar-refractivity contribution is 6.35. The number of hydrogen-bond acceptors (Lipinski definition) is 3. The summed E-state index contributed by atoms with van der Waals surface area (Å²) in [7, 11) is 0. The molecule has 0 fully saturated rings. The average Bonchev–Trinajstić information content (AvgIpc) is 2.57. The maximum atomic E-state index is 15.4. The summed E-state index contributed by atoms with van der Waals surface area (Å²) in [6.07, 6.45) is -0.402. The SMILES string of the molecule is O=C(NCc1ccc(Cl)cc1Cl)[C@]1(F)CC[C@H](O)c2ncc(F)cc21. The first kappa shape index (κ1) is 18.0. The lowest BCUT2D eigenvalue weighted by atomic mass is 9.81. The Morgan fingerprint density at radius 1 is 1.40 bits per heavy atom. The van der Waals surface area contributed by atoms with Crippen molar-refractivity contribution in [2.45, 2.75) is 31.2 Å². The minimum absolute atomic E-state index is 0.0112. The van der Waals surface area contributed by atoms with Gasteiger partial charge in [0.25, 0.3) is 5.91 Å². The Kier molecular flexibility index (Phi) is 4.95. The lowest BCUT2D eigenvalue weighted by Gasteiger charge is -2.32. The molecule has 0 bridgehead atoms. The van der Waals surface area contributed by atoms with Crippen LogP contribution >= 0.6 is 23.2 Å². The molecule has 1 aromatic heterocycles. The second-order valence-corrected chi connectivity index (χ2v) is 6.70. The summed E-state index contributed by atoms with van der Waals surface area (Å²) in [5, 5.41) is 13.2. The van der Waals surface area contributed by atoms with Gasteiger partial charge in [-0.05, 0) is 36.6 Å². The predicted octanol–water partition coefficient (Wildman–Crippen LogP) is 3.84. The van der Waals surface area contributed by atoms with Gasteiger partial charge in [-0.15, -0.1) is 0 Å². The molecule has 0 aliphatic heterocycles. The minimum Gasteiger partial charge on any atom is -0.387 e. The lowest BCUT2D eigenvalue weighted by molar-refractivity contribution is -0.135. The van der Waals surface area contributed by atoms with Crippen molar-refractivity contribution >= 4 is 29.1 Å². The summed E-state index contributed by atoms with van der Waals surface area (Å²) in [4.78, 5) is 16.2. The summed E-state index contributed by atoms with van der Waals surface area (Å²) < 4.78 is 28.9. The quantitative estimate of drug-likeness (QED) is 0.842. The molecule has 2 atom stereocenters. The van der Waals surface area contributed by atoms with E-state index in [9.17, 15) is 14.3 Å². The fraction of sp³-hybridized carbons (Fsp3) is 0.294. The van der Waals surface area contributed by atoms with E-state index < -0.39 is 23.5 Å². The molecule has 0 saturated heterocycles. The molecule has 25 heavy (non-hydrogen) atoms. The Morgan fingerprint density at radius 2 is 2.16 bits per heavy atom. The molecule has 4 nitrogen and oxygen atoms in total. The number of amides is 1. The van der Waals surface area contributed by atoms with Crippen molar-refractivity contribution in [2.75, 3.05) is 0 Å². The molecule has 0 unspecified atom stereocenters. The van der Waals surface area contributed by atoms with Crippen molar-refractivity contribution in [3.05, 3.63) is 63.1 Å². The lowest BCUT2D eigenvalue weighted by Crippen LogP contribution is -2.44. The molecule has 1 aliphatic rings. The summed E-state index contributed by atoms with van der Waals surface area (Å²) >= 11 is 11.8. The van der Waals surface area contributed by atoms with Gasteiger partial charge in [0.1, 0.15) is 5.82 Å². The van der Waals surface area contributed by atoms with Gasteiger partial charge in [-0.3, -0.25) is 9.78 Å². The number of pyridine rings is 1. The van der Waals surface area contributed by atoms with Gasteiger partial charge in [-0.2, -0.15) is 0 Å². The number of aliphatic hydroxyl groups excluding tert-OH is 1. The van der Waals surface area contributed by atoms with E-state index in [1.165, 1.54) is 6.07 Å². The highest BCUT2D eigenvalue weighted by Crippen LogP contribution is 2.42. The van der Waals surface area contributed by atoms with E-state index >= 15 is 4.39 Å². The third-order valence-electron chi connectivity index (χ3n) is 4.20. The van der Waals surface area contributed by atoms with Crippen LogP contribution in [0.25, 0.3) is 0 Å². The van der Waals surface area contributed by atoms with Crippen molar-refractivity contribution in [1.82, 2.24) is 10.3 Å². The zero-order chi connectivity index (χ0) is 18.2. The molecule has 132 valence electrons. The number of aromatic nitrogens is 1. The van der Waals surface area contributed by atoms with Gasteiger partial charge in [-0.25, -0.2) is 8.78 Å². The van der Waals surface area contributed by atoms with Crippen molar-refractivity contribution in [3.63, 3.8) is 0 Å². The van der Waals surface area contributed by atoms with Crippen LogP contribution < -0.4 is 5.32 Å². The first-order chi connectivity index (χ1) is 11.8. The highest BCUT2D eigenvalue weighted by Gasteiger charge is 2.47. The second-order valence-electron chi connectivity index (χ2n) is 5.86. The van der Waals surface area contributed by atoms with E-state index in [2.05, 4.69) is 10.3 Å². The van der Waals surface area contributed by atoms with Crippen LogP contribution in [0.5, 0.6) is 0 Å². The summed E-state index contributed by atoms with van der Waals surface area (Å²) in [6.45, 7) is -0.0128. The van der Waals surface area contributed by atoms with E-state index in [0.717, 1.165) is 12.3 Å². The Hall–Kier alpha value is -1.76. The smallest absolute Gasteiger partial charge is 0.262 e. The zero-order valence-electron chi connectivity index (χ0n) is 12.9. The third-order valence-corrected chi connectivity index (χ3v) is 4.79. The fourth-order valence-corrected chi connectivity index (χ4v) is 3.33. The summed E-state index contributed by atoms with van der Waals surface area (Å²) in [5.74, 6) is -1.71. The Balaban J connectivity index is 1.84. The minimum atomic E-state index is -2.47. The number of carbonyl (C=O) groups is 1. The number of carbonyl (C=O) groups excluding carboxylic acids is 1. The molecule has 1 aliphatic carbocycles. The van der Waals surface area contributed by atoms with Gasteiger partial charge in [0.2, 0.25) is 5.67 Å². The summed E-state index contributed by atoms with van der Waals surface area (Å²) in [6, 6.07) is 5.64. The highest BCUT2D eigenvalue weighted by atomic mass is 35.5. The number of benzene rings is 1. The molecule has 0 spiro atoms. The fourth-order valence-electron chi connectivity index (χ4n) is 2.86. The average molecular weight is 387 g/mol. The van der Waals surface area contributed by atoms with Crippen LogP contribution in [0.2, 0.25) is 10.0 Å². The number of nitrogens with one attached hydrogen (secondary N) is 1. The van der Waals surface area contributed by atoms with E-state index in [4.69, 9.17) is 23.2 Å².